The van der Waals surface area contributed by atoms with E-state index < -0.39 is 17.5 Å². The van der Waals surface area contributed by atoms with Gasteiger partial charge in [-0.25, -0.2) is 9.67 Å². The summed E-state index contributed by atoms with van der Waals surface area (Å²) < 4.78 is 7.20. The molecule has 5 rings (SSSR count). The van der Waals surface area contributed by atoms with Crippen molar-refractivity contribution in [3.63, 3.8) is 0 Å². The van der Waals surface area contributed by atoms with Gasteiger partial charge in [-0.15, -0.1) is 0 Å². The van der Waals surface area contributed by atoms with E-state index in [-0.39, 0.29) is 28.2 Å². The van der Waals surface area contributed by atoms with Crippen molar-refractivity contribution in [2.75, 3.05) is 31.0 Å². The molecule has 0 saturated heterocycles. The Morgan fingerprint density at radius 3 is 2.62 bits per heavy atom. The number of nitrogens with zero attached hydrogens (tertiary/aromatic N) is 7. The van der Waals surface area contributed by atoms with Crippen molar-refractivity contribution in [2.45, 2.75) is 25.8 Å². The minimum Gasteiger partial charge on any atom is -0.479 e. The number of carbonyl (C=O) groups is 1. The van der Waals surface area contributed by atoms with E-state index in [0.717, 1.165) is 0 Å². The van der Waals surface area contributed by atoms with Gasteiger partial charge in [0.2, 0.25) is 11.8 Å². The summed E-state index contributed by atoms with van der Waals surface area (Å²) in [4.78, 5) is 41.6. The van der Waals surface area contributed by atoms with Crippen molar-refractivity contribution in [3.8, 4) is 17.6 Å². The monoisotopic (exact) mass is 544 g/mol. The molecule has 0 spiro atoms. The minimum absolute atomic E-state index is 0.0562. The van der Waals surface area contributed by atoms with Gasteiger partial charge in [-0.3, -0.25) is 14.5 Å². The van der Waals surface area contributed by atoms with Crippen molar-refractivity contribution in [3.05, 3.63) is 86.2 Å². The van der Waals surface area contributed by atoms with E-state index in [2.05, 4.69) is 21.0 Å². The number of rotatable bonds is 6. The third-order valence-electron chi connectivity index (χ3n) is 6.49. The van der Waals surface area contributed by atoms with Crippen LogP contribution in [0.3, 0.4) is 0 Å². The number of anilines is 2. The number of carbonyl (C=O) groups excluding carboxylic acids is 1. The van der Waals surface area contributed by atoms with Crippen molar-refractivity contribution >= 4 is 29.1 Å². The summed E-state index contributed by atoms with van der Waals surface area (Å²) in [5.74, 6) is 0.0913. The normalized spacial score (nSPS) is 14.5. The summed E-state index contributed by atoms with van der Waals surface area (Å²) in [6, 6.07) is 9.82. The summed E-state index contributed by atoms with van der Waals surface area (Å²) in [6.07, 6.45) is 2.95. The molecule has 0 saturated carbocycles. The molecule has 0 fully saturated rings. The molecule has 3 aromatic heterocycles. The van der Waals surface area contributed by atoms with Crippen LogP contribution in [0.25, 0.3) is 5.69 Å². The van der Waals surface area contributed by atoms with E-state index in [1.165, 1.54) is 24.3 Å². The van der Waals surface area contributed by atoms with E-state index in [1.54, 1.807) is 40.0 Å². The third kappa shape index (κ3) is 4.19. The van der Waals surface area contributed by atoms with Crippen LogP contribution in [-0.4, -0.2) is 51.8 Å². The molecule has 0 aliphatic carbocycles. The Balaban J connectivity index is 1.83. The van der Waals surface area contributed by atoms with Crippen molar-refractivity contribution in [1.82, 2.24) is 24.7 Å². The molecular weight excluding hydrogens is 520 g/mol. The summed E-state index contributed by atoms with van der Waals surface area (Å²) >= 11 is 6.22. The predicted molar refractivity (Wildman–Crippen MR) is 146 cm³/mol. The maximum Gasteiger partial charge on any atom is 0.280 e. The Hall–Kier alpha value is -4.69. The largest absolute Gasteiger partial charge is 0.479 e. The molecule has 0 radical (unpaired) electrons. The maximum atomic E-state index is 14.1. The number of benzene rings is 1. The van der Waals surface area contributed by atoms with Crippen LogP contribution in [0.4, 0.5) is 11.6 Å². The number of nitrogens with one attached hydrogen (secondary N) is 1. The first kappa shape index (κ1) is 25.9. The van der Waals surface area contributed by atoms with Crippen LogP contribution in [0.15, 0.2) is 47.5 Å². The fraction of sp³-hybridized carbons (Fsp3) is 0.259. The van der Waals surface area contributed by atoms with E-state index in [9.17, 15) is 14.9 Å². The van der Waals surface area contributed by atoms with Crippen LogP contribution < -0.4 is 20.1 Å². The van der Waals surface area contributed by atoms with Crippen LogP contribution in [0.2, 0.25) is 5.02 Å². The smallest absolute Gasteiger partial charge is 0.280 e. The molecule has 0 bridgehead atoms. The van der Waals surface area contributed by atoms with Gasteiger partial charge >= 0.3 is 0 Å². The van der Waals surface area contributed by atoms with Crippen molar-refractivity contribution < 1.29 is 9.53 Å². The number of methoxy groups -OCH3 is 1. The fourth-order valence-electron chi connectivity index (χ4n) is 4.84. The van der Waals surface area contributed by atoms with Gasteiger partial charge in [0.05, 0.1) is 41.7 Å². The number of halogens is 1. The molecule has 4 heterocycles. The van der Waals surface area contributed by atoms with Crippen LogP contribution in [0.5, 0.6) is 5.88 Å². The van der Waals surface area contributed by atoms with Gasteiger partial charge in [0.15, 0.2) is 5.69 Å². The maximum absolute atomic E-state index is 14.1. The lowest BCUT2D eigenvalue weighted by molar-refractivity contribution is 0.0988. The van der Waals surface area contributed by atoms with Gasteiger partial charge in [0, 0.05) is 25.9 Å². The molecule has 1 amide bonds. The fourth-order valence-corrected chi connectivity index (χ4v) is 5.00. The molecule has 1 unspecified atom stereocenters. The highest BCUT2D eigenvalue weighted by Gasteiger charge is 2.46. The first-order valence-electron chi connectivity index (χ1n) is 12.1. The van der Waals surface area contributed by atoms with Gasteiger partial charge in [-0.1, -0.05) is 43.6 Å². The Kier molecular flexibility index (Phi) is 6.57. The molecule has 4 aromatic rings. The molecule has 39 heavy (non-hydrogen) atoms. The Bertz CT molecular complexity index is 1700. The highest BCUT2D eigenvalue weighted by molar-refractivity contribution is 6.30. The molecular formula is C27H25ClN8O3. The Labute approximate surface area is 229 Å². The van der Waals surface area contributed by atoms with Crippen LogP contribution in [0.1, 0.15) is 58.7 Å². The van der Waals surface area contributed by atoms with Crippen LogP contribution in [0, 0.1) is 11.3 Å². The number of aromatic nitrogens is 5. The van der Waals surface area contributed by atoms with Gasteiger partial charge in [0.1, 0.15) is 11.4 Å². The molecule has 1 aliphatic rings. The van der Waals surface area contributed by atoms with Crippen LogP contribution in [-0.2, 0) is 0 Å². The summed E-state index contributed by atoms with van der Waals surface area (Å²) in [5, 5.41) is 14.9. The predicted octanol–water partition coefficient (Wildman–Crippen LogP) is 3.82. The number of pyridine rings is 1. The second kappa shape index (κ2) is 9.89. The van der Waals surface area contributed by atoms with E-state index in [4.69, 9.17) is 21.4 Å². The number of ether oxygens (including phenoxy) is 1. The zero-order valence-electron chi connectivity index (χ0n) is 21.9. The lowest BCUT2D eigenvalue weighted by atomic mass is 9.92. The highest BCUT2D eigenvalue weighted by atomic mass is 35.5. The van der Waals surface area contributed by atoms with Gasteiger partial charge < -0.3 is 14.6 Å². The first-order valence-corrected chi connectivity index (χ1v) is 12.5. The molecule has 1 aromatic carbocycles. The Morgan fingerprint density at radius 1 is 1.21 bits per heavy atom. The lowest BCUT2D eigenvalue weighted by Crippen LogP contribution is -2.34. The molecule has 11 nitrogen and oxygen atoms in total. The third-order valence-corrected chi connectivity index (χ3v) is 6.71. The number of fused-ring (bicyclic) bond motifs is 1. The zero-order valence-corrected chi connectivity index (χ0v) is 22.7. The topological polar surface area (TPSA) is 133 Å². The SMILES string of the molecule is COc1nc(N(C)C)ncc1-n1nc2c(c1C(C)C)C(c1ccccc1C#N)N(c1cc(Cl)c[nH]c1=O)C2=O. The number of hydrogen-bond donors (Lipinski definition) is 1. The van der Waals surface area contributed by atoms with E-state index in [1.807, 2.05) is 27.9 Å². The number of aromatic amines is 1. The Morgan fingerprint density at radius 2 is 1.95 bits per heavy atom. The average Bonchev–Trinajstić information content (AvgIpc) is 3.44. The second-order valence-electron chi connectivity index (χ2n) is 9.48. The van der Waals surface area contributed by atoms with Crippen molar-refractivity contribution in [2.24, 2.45) is 0 Å². The summed E-state index contributed by atoms with van der Waals surface area (Å²) in [6.45, 7) is 3.95. The number of nitriles is 1. The highest BCUT2D eigenvalue weighted by Crippen LogP contribution is 2.46. The summed E-state index contributed by atoms with van der Waals surface area (Å²) in [5.41, 5.74) is 2.35. The van der Waals surface area contributed by atoms with E-state index in [0.29, 0.717) is 34.0 Å². The van der Waals surface area contributed by atoms with Crippen molar-refractivity contribution in [1.29, 1.82) is 5.26 Å². The summed E-state index contributed by atoms with van der Waals surface area (Å²) in [7, 11) is 5.14. The number of hydrogen-bond acceptors (Lipinski definition) is 8. The molecule has 198 valence electrons. The quantitative estimate of drug-likeness (QED) is 0.387. The van der Waals surface area contributed by atoms with Gasteiger partial charge in [-0.05, 0) is 23.6 Å². The van der Waals surface area contributed by atoms with Gasteiger partial charge in [-0.2, -0.15) is 15.3 Å². The average molecular weight is 545 g/mol. The molecule has 1 aliphatic heterocycles. The molecule has 1 N–H and O–H groups in total. The van der Waals surface area contributed by atoms with Crippen LogP contribution >= 0.6 is 11.6 Å². The van der Waals surface area contributed by atoms with E-state index >= 15 is 0 Å². The number of amides is 1. The lowest BCUT2D eigenvalue weighted by Gasteiger charge is -2.27. The molecule has 1 atom stereocenters. The standard InChI is InChI=1S/C27H25ClN8O3/c1-14(2)22-20-21(33-36(22)19-13-31-27(34(3)4)32-25(19)39-5)26(38)35(18-10-16(28)12-30-24(18)37)23(20)17-9-7-6-8-15(17)11-29/h6-10,12-14,23H,1-5H3,(H,30,37). The molecule has 12 heteroatoms. The second-order valence-corrected chi connectivity index (χ2v) is 9.92. The zero-order chi connectivity index (χ0) is 28.0. The minimum atomic E-state index is -0.818. The number of H-pyrrole nitrogens is 1. The van der Waals surface area contributed by atoms with Gasteiger partial charge in [0.25, 0.3) is 11.5 Å². The first-order chi connectivity index (χ1) is 18.7.